The molecule has 0 atom stereocenters. The van der Waals surface area contributed by atoms with Gasteiger partial charge < -0.3 is 14.9 Å². The second-order valence-electron chi connectivity index (χ2n) is 5.20. The molecule has 0 radical (unpaired) electrons. The molecular weight excluding hydrogens is 296 g/mol. The predicted octanol–water partition coefficient (Wildman–Crippen LogP) is -1.15. The van der Waals surface area contributed by atoms with E-state index < -0.39 is 21.1 Å². The molecule has 0 saturated carbocycles. The fraction of sp³-hybridized carbons (Fsp3) is 0.333. The topological polar surface area (TPSA) is 129 Å². The lowest BCUT2D eigenvalue weighted by molar-refractivity contribution is 0.312. The highest BCUT2D eigenvalue weighted by molar-refractivity contribution is 7.89. The highest BCUT2D eigenvalue weighted by Gasteiger charge is 2.25. The summed E-state index contributed by atoms with van der Waals surface area (Å²) < 4.78 is 23.6. The number of aromatic nitrogens is 2. The summed E-state index contributed by atoms with van der Waals surface area (Å²) in [6, 6.07) is 1.31. The van der Waals surface area contributed by atoms with E-state index in [0.29, 0.717) is 36.2 Å². The molecule has 8 nitrogen and oxygen atoms in total. The van der Waals surface area contributed by atoms with Crippen molar-refractivity contribution in [3.63, 3.8) is 0 Å². The normalized spacial score (nSPS) is 16.1. The fourth-order valence-electron chi connectivity index (χ4n) is 2.70. The number of nitrogens with one attached hydrogen (secondary N) is 2. The minimum Gasteiger partial charge on any atom is -0.316 e. The van der Waals surface area contributed by atoms with Crippen LogP contribution in [-0.2, 0) is 23.0 Å². The summed E-state index contributed by atoms with van der Waals surface area (Å²) in [7, 11) is -2.02. The van der Waals surface area contributed by atoms with Gasteiger partial charge in [0.25, 0.3) is 0 Å². The van der Waals surface area contributed by atoms with Gasteiger partial charge in [-0.2, -0.15) is 0 Å². The second kappa shape index (κ2) is 4.52. The zero-order valence-electron chi connectivity index (χ0n) is 11.3. The Bertz CT molecular complexity index is 958. The lowest BCUT2D eigenvalue weighted by Crippen LogP contribution is -2.33. The zero-order chi connectivity index (χ0) is 15.4. The number of primary sulfonamides is 1. The van der Waals surface area contributed by atoms with Crippen LogP contribution in [0.2, 0.25) is 0 Å². The van der Waals surface area contributed by atoms with Crippen molar-refractivity contribution in [2.24, 2.45) is 5.14 Å². The fourth-order valence-corrected chi connectivity index (χ4v) is 3.55. The summed E-state index contributed by atoms with van der Waals surface area (Å²) in [5, 5.41) is 5.27. The Morgan fingerprint density at radius 2 is 1.86 bits per heavy atom. The zero-order valence-corrected chi connectivity index (χ0v) is 12.1. The first-order valence-electron chi connectivity index (χ1n) is 6.30. The van der Waals surface area contributed by atoms with E-state index in [2.05, 4.69) is 9.97 Å². The molecule has 1 aromatic heterocycles. The maximum Gasteiger partial charge on any atom is 0.314 e. The summed E-state index contributed by atoms with van der Waals surface area (Å²) >= 11 is 0. The lowest BCUT2D eigenvalue weighted by Gasteiger charge is -2.27. The lowest BCUT2D eigenvalue weighted by atomic mass is 9.98. The van der Waals surface area contributed by atoms with Gasteiger partial charge in [-0.05, 0) is 30.7 Å². The van der Waals surface area contributed by atoms with Gasteiger partial charge in [-0.3, -0.25) is 9.59 Å². The first-order valence-corrected chi connectivity index (χ1v) is 7.84. The first kappa shape index (κ1) is 14.0. The number of nitrogens with zero attached hydrogens (tertiary/aromatic N) is 1. The Hall–Kier alpha value is -1.97. The monoisotopic (exact) mass is 310 g/mol. The second-order valence-corrected chi connectivity index (χ2v) is 6.73. The van der Waals surface area contributed by atoms with Crippen LogP contribution in [0.15, 0.2) is 20.6 Å². The molecule has 112 valence electrons. The van der Waals surface area contributed by atoms with E-state index in [9.17, 15) is 18.0 Å². The Morgan fingerprint density at radius 3 is 2.52 bits per heavy atom. The molecule has 0 unspecified atom stereocenters. The Kier molecular flexibility index (Phi) is 3.01. The number of H-pyrrole nitrogens is 2. The van der Waals surface area contributed by atoms with Gasteiger partial charge in [-0.25, -0.2) is 13.6 Å². The molecule has 0 fully saturated rings. The van der Waals surface area contributed by atoms with Gasteiger partial charge in [-0.1, -0.05) is 0 Å². The minimum atomic E-state index is -3.91. The maximum absolute atomic E-state index is 11.8. The van der Waals surface area contributed by atoms with E-state index in [4.69, 9.17) is 5.14 Å². The Labute approximate surface area is 119 Å². The Morgan fingerprint density at radius 1 is 1.19 bits per heavy atom. The quantitative estimate of drug-likeness (QED) is 0.573. The van der Waals surface area contributed by atoms with Crippen molar-refractivity contribution < 1.29 is 8.42 Å². The van der Waals surface area contributed by atoms with E-state index in [1.807, 2.05) is 11.9 Å². The number of aromatic amines is 2. The van der Waals surface area contributed by atoms with Gasteiger partial charge in [0.15, 0.2) is 0 Å². The van der Waals surface area contributed by atoms with Crippen molar-refractivity contribution in [1.82, 2.24) is 14.9 Å². The van der Waals surface area contributed by atoms with Crippen molar-refractivity contribution in [2.45, 2.75) is 17.9 Å². The molecule has 2 heterocycles. The van der Waals surface area contributed by atoms with Crippen LogP contribution in [0.1, 0.15) is 11.1 Å². The highest BCUT2D eigenvalue weighted by Crippen LogP contribution is 2.29. The SMILES string of the molecule is CN1CCc2c(S(N)(=O)=O)cc3[nH]c(=O)c(=O)[nH]c3c2C1. The molecule has 0 aliphatic carbocycles. The molecular formula is C12H14N4O4S. The van der Waals surface area contributed by atoms with Crippen LogP contribution in [0.4, 0.5) is 0 Å². The van der Waals surface area contributed by atoms with Crippen LogP contribution in [-0.4, -0.2) is 36.9 Å². The van der Waals surface area contributed by atoms with Crippen molar-refractivity contribution >= 4 is 21.1 Å². The Balaban J connectivity index is 2.50. The van der Waals surface area contributed by atoms with E-state index in [1.165, 1.54) is 6.07 Å². The minimum absolute atomic E-state index is 0.000740. The average Bonchev–Trinajstić information content (AvgIpc) is 2.38. The van der Waals surface area contributed by atoms with E-state index in [1.54, 1.807) is 0 Å². The number of sulfonamides is 1. The van der Waals surface area contributed by atoms with Crippen molar-refractivity contribution in [3.05, 3.63) is 37.9 Å². The van der Waals surface area contributed by atoms with Gasteiger partial charge in [0.1, 0.15) is 0 Å². The summed E-state index contributed by atoms with van der Waals surface area (Å²) in [4.78, 5) is 29.9. The van der Waals surface area contributed by atoms with Crippen LogP contribution in [0.5, 0.6) is 0 Å². The molecule has 3 rings (SSSR count). The standard InChI is InChI=1S/C12H14N4O4S/c1-16-3-2-6-7(5-16)10-8(4-9(6)21(13,19)20)14-11(17)12(18)15-10/h4H,2-3,5H2,1H3,(H,14,17)(H,15,18)(H2,13,19,20). The summed E-state index contributed by atoms with van der Waals surface area (Å²) in [6.07, 6.45) is 0.509. The van der Waals surface area contributed by atoms with Crippen LogP contribution >= 0.6 is 0 Å². The molecule has 9 heteroatoms. The molecule has 0 spiro atoms. The maximum atomic E-state index is 11.8. The number of hydrogen-bond donors (Lipinski definition) is 3. The third kappa shape index (κ3) is 2.28. The van der Waals surface area contributed by atoms with Crippen molar-refractivity contribution in [3.8, 4) is 0 Å². The molecule has 1 aliphatic rings. The van der Waals surface area contributed by atoms with E-state index >= 15 is 0 Å². The summed E-state index contributed by atoms with van der Waals surface area (Å²) in [5.41, 5.74) is 0.406. The van der Waals surface area contributed by atoms with Crippen LogP contribution in [0.25, 0.3) is 11.0 Å². The third-order valence-electron chi connectivity index (χ3n) is 3.68. The van der Waals surface area contributed by atoms with Crippen LogP contribution in [0.3, 0.4) is 0 Å². The van der Waals surface area contributed by atoms with Gasteiger partial charge in [0.2, 0.25) is 10.0 Å². The van der Waals surface area contributed by atoms with Crippen LogP contribution < -0.4 is 16.3 Å². The molecule has 2 aromatic rings. The smallest absolute Gasteiger partial charge is 0.314 e. The molecule has 21 heavy (non-hydrogen) atoms. The molecule has 1 aromatic carbocycles. The number of rotatable bonds is 1. The van der Waals surface area contributed by atoms with E-state index in [0.717, 1.165) is 0 Å². The van der Waals surface area contributed by atoms with Gasteiger partial charge in [-0.15, -0.1) is 0 Å². The summed E-state index contributed by atoms with van der Waals surface area (Å²) in [5.74, 6) is 0. The molecule has 1 aliphatic heterocycles. The number of likely N-dealkylation sites (N-methyl/N-ethyl adjacent to an activating group) is 1. The third-order valence-corrected chi connectivity index (χ3v) is 4.66. The largest absolute Gasteiger partial charge is 0.316 e. The van der Waals surface area contributed by atoms with Gasteiger partial charge in [0.05, 0.1) is 15.9 Å². The highest BCUT2D eigenvalue weighted by atomic mass is 32.2. The van der Waals surface area contributed by atoms with Gasteiger partial charge >= 0.3 is 11.1 Å². The molecule has 0 saturated heterocycles. The summed E-state index contributed by atoms with van der Waals surface area (Å²) in [6.45, 7) is 1.16. The number of fused-ring (bicyclic) bond motifs is 3. The number of nitrogens with two attached hydrogens (primary N) is 1. The molecule has 4 N–H and O–H groups in total. The van der Waals surface area contributed by atoms with Crippen molar-refractivity contribution in [2.75, 3.05) is 13.6 Å². The molecule has 0 bridgehead atoms. The average molecular weight is 310 g/mol. The van der Waals surface area contributed by atoms with Gasteiger partial charge in [0, 0.05) is 13.1 Å². The first-order chi connectivity index (χ1) is 9.77. The van der Waals surface area contributed by atoms with E-state index in [-0.39, 0.29) is 10.4 Å². The van der Waals surface area contributed by atoms with Crippen molar-refractivity contribution in [1.29, 1.82) is 0 Å². The predicted molar refractivity (Wildman–Crippen MR) is 76.6 cm³/mol. The molecule has 0 amide bonds. The van der Waals surface area contributed by atoms with Crippen LogP contribution in [0, 0.1) is 0 Å². The number of benzene rings is 1. The number of hydrogen-bond acceptors (Lipinski definition) is 5.